The van der Waals surface area contributed by atoms with Gasteiger partial charge in [0.05, 0.1) is 22.6 Å². The Bertz CT molecular complexity index is 1160. The van der Waals surface area contributed by atoms with Crippen LogP contribution in [0.3, 0.4) is 0 Å². The van der Waals surface area contributed by atoms with Crippen molar-refractivity contribution in [3.63, 3.8) is 0 Å². The second-order valence-electron chi connectivity index (χ2n) is 7.27. The van der Waals surface area contributed by atoms with E-state index < -0.39 is 11.2 Å². The molecule has 2 amide bonds. The number of aromatic nitrogens is 3. The lowest BCUT2D eigenvalue weighted by Crippen LogP contribution is -2.24. The molecule has 8 nitrogen and oxygen atoms in total. The minimum Gasteiger partial charge on any atom is -0.469 e. The predicted octanol–water partition coefficient (Wildman–Crippen LogP) is 3.80. The minimum atomic E-state index is -0.499. The van der Waals surface area contributed by atoms with Crippen LogP contribution in [0.25, 0.3) is 11.4 Å². The first-order valence-electron chi connectivity index (χ1n) is 9.91. The van der Waals surface area contributed by atoms with Crippen LogP contribution in [0, 0.1) is 6.92 Å². The van der Waals surface area contributed by atoms with Crippen molar-refractivity contribution in [2.24, 2.45) is 5.73 Å². The Morgan fingerprint density at radius 1 is 1.45 bits per heavy atom. The van der Waals surface area contributed by atoms with Gasteiger partial charge in [-0.25, -0.2) is 0 Å². The van der Waals surface area contributed by atoms with Crippen molar-refractivity contribution in [2.45, 2.75) is 50.1 Å². The molecule has 1 aliphatic rings. The lowest BCUT2D eigenvalue weighted by molar-refractivity contribution is -0.115. The van der Waals surface area contributed by atoms with Crippen LogP contribution in [0.5, 0.6) is 0 Å². The summed E-state index contributed by atoms with van der Waals surface area (Å²) in [7, 11) is 0. The van der Waals surface area contributed by atoms with Crippen molar-refractivity contribution in [1.82, 2.24) is 14.8 Å². The SMILES string of the molecule is C=CCn1c(SC(C)C(=O)Nc2sc3c(c2C(N)=O)CCC3)nnc1-c1ccoc1C. The van der Waals surface area contributed by atoms with Gasteiger partial charge in [-0.15, -0.1) is 28.1 Å². The molecular weight excluding hydrogens is 434 g/mol. The molecule has 4 rings (SSSR count). The van der Waals surface area contributed by atoms with Crippen LogP contribution in [0.4, 0.5) is 5.00 Å². The van der Waals surface area contributed by atoms with Gasteiger partial charge < -0.3 is 15.5 Å². The van der Waals surface area contributed by atoms with Crippen molar-refractivity contribution in [3.05, 3.63) is 46.7 Å². The van der Waals surface area contributed by atoms with E-state index in [9.17, 15) is 9.59 Å². The van der Waals surface area contributed by atoms with E-state index in [1.807, 2.05) is 17.6 Å². The Morgan fingerprint density at radius 2 is 2.26 bits per heavy atom. The van der Waals surface area contributed by atoms with Gasteiger partial charge in [-0.05, 0) is 44.7 Å². The van der Waals surface area contributed by atoms with Crippen LogP contribution in [0.1, 0.15) is 39.9 Å². The van der Waals surface area contributed by atoms with Crippen molar-refractivity contribution in [2.75, 3.05) is 5.32 Å². The zero-order chi connectivity index (χ0) is 22.1. The summed E-state index contributed by atoms with van der Waals surface area (Å²) in [6.07, 6.45) is 6.12. The van der Waals surface area contributed by atoms with E-state index in [0.717, 1.165) is 41.0 Å². The molecule has 0 saturated carbocycles. The Hall–Kier alpha value is -2.85. The molecule has 162 valence electrons. The van der Waals surface area contributed by atoms with Gasteiger partial charge in [0.1, 0.15) is 10.8 Å². The van der Waals surface area contributed by atoms with Crippen molar-refractivity contribution < 1.29 is 14.0 Å². The summed E-state index contributed by atoms with van der Waals surface area (Å²) in [6, 6.07) is 1.84. The van der Waals surface area contributed by atoms with Gasteiger partial charge in [-0.3, -0.25) is 14.2 Å². The quantitative estimate of drug-likeness (QED) is 0.393. The summed E-state index contributed by atoms with van der Waals surface area (Å²) in [5, 5.41) is 12.2. The van der Waals surface area contributed by atoms with Gasteiger partial charge in [0, 0.05) is 11.4 Å². The monoisotopic (exact) mass is 457 g/mol. The number of fused-ring (bicyclic) bond motifs is 1. The largest absolute Gasteiger partial charge is 0.469 e. The predicted molar refractivity (Wildman–Crippen MR) is 121 cm³/mol. The molecule has 1 atom stereocenters. The number of allylic oxidation sites excluding steroid dienone is 1. The van der Waals surface area contributed by atoms with Crippen LogP contribution in [-0.4, -0.2) is 31.8 Å². The number of thiophene rings is 1. The Kier molecular flexibility index (Phi) is 6.01. The molecule has 0 bridgehead atoms. The number of furan rings is 1. The Morgan fingerprint density at radius 3 is 2.94 bits per heavy atom. The maximum Gasteiger partial charge on any atom is 0.251 e. The number of hydrogen-bond donors (Lipinski definition) is 2. The molecule has 31 heavy (non-hydrogen) atoms. The molecule has 3 heterocycles. The first kappa shape index (κ1) is 21.4. The fourth-order valence-corrected chi connectivity index (χ4v) is 5.82. The van der Waals surface area contributed by atoms with E-state index in [2.05, 4.69) is 22.1 Å². The maximum absolute atomic E-state index is 12.9. The van der Waals surface area contributed by atoms with E-state index in [4.69, 9.17) is 10.2 Å². The summed E-state index contributed by atoms with van der Waals surface area (Å²) in [5.41, 5.74) is 7.88. The van der Waals surface area contributed by atoms with Crippen LogP contribution >= 0.6 is 23.1 Å². The number of nitrogens with two attached hydrogens (primary N) is 1. The van der Waals surface area contributed by atoms with Gasteiger partial charge in [0.2, 0.25) is 5.91 Å². The highest BCUT2D eigenvalue weighted by molar-refractivity contribution is 8.00. The van der Waals surface area contributed by atoms with Crippen molar-refractivity contribution in [1.29, 1.82) is 0 Å². The molecule has 1 aliphatic carbocycles. The Labute approximate surface area is 187 Å². The van der Waals surface area contributed by atoms with Crippen LogP contribution in [0.15, 0.2) is 34.6 Å². The average molecular weight is 458 g/mol. The van der Waals surface area contributed by atoms with E-state index >= 15 is 0 Å². The summed E-state index contributed by atoms with van der Waals surface area (Å²) in [4.78, 5) is 26.0. The number of amides is 2. The van der Waals surface area contributed by atoms with Crippen LogP contribution < -0.4 is 11.1 Å². The van der Waals surface area contributed by atoms with Gasteiger partial charge in [-0.2, -0.15) is 0 Å². The number of carbonyl (C=O) groups excluding carboxylic acids is 2. The van der Waals surface area contributed by atoms with E-state index in [-0.39, 0.29) is 5.91 Å². The molecule has 0 radical (unpaired) electrons. The van der Waals surface area contributed by atoms with Crippen LogP contribution in [0.2, 0.25) is 0 Å². The Balaban J connectivity index is 1.54. The van der Waals surface area contributed by atoms with E-state index in [1.54, 1.807) is 19.3 Å². The zero-order valence-corrected chi connectivity index (χ0v) is 18.9. The highest BCUT2D eigenvalue weighted by atomic mass is 32.2. The van der Waals surface area contributed by atoms with Gasteiger partial charge in [0.15, 0.2) is 11.0 Å². The second-order valence-corrected chi connectivity index (χ2v) is 9.68. The molecular formula is C21H23N5O3S2. The summed E-state index contributed by atoms with van der Waals surface area (Å²) < 4.78 is 7.29. The van der Waals surface area contributed by atoms with Crippen LogP contribution in [-0.2, 0) is 24.2 Å². The van der Waals surface area contributed by atoms with Crippen molar-refractivity contribution >= 4 is 39.9 Å². The van der Waals surface area contributed by atoms with E-state index in [1.165, 1.54) is 23.1 Å². The maximum atomic E-state index is 12.9. The first-order valence-corrected chi connectivity index (χ1v) is 11.6. The standard InChI is InChI=1S/C21H23N5O3S2/c1-4-9-26-18(13-8-10-29-11(13)2)24-25-21(26)30-12(3)19(28)23-20-16(17(22)27)14-6-5-7-15(14)31-20/h4,8,10,12H,1,5-7,9H2,2-3H3,(H2,22,27)(H,23,28). The molecule has 0 spiro atoms. The van der Waals surface area contributed by atoms with Gasteiger partial charge in [-0.1, -0.05) is 17.8 Å². The molecule has 10 heteroatoms. The summed E-state index contributed by atoms with van der Waals surface area (Å²) in [6.45, 7) is 7.96. The highest BCUT2D eigenvalue weighted by Crippen LogP contribution is 2.39. The lowest BCUT2D eigenvalue weighted by atomic mass is 10.1. The number of thioether (sulfide) groups is 1. The third kappa shape index (κ3) is 4.05. The average Bonchev–Trinajstić information content (AvgIpc) is 3.47. The normalized spacial score (nSPS) is 13.7. The molecule has 0 saturated heterocycles. The van der Waals surface area contributed by atoms with Crippen molar-refractivity contribution in [3.8, 4) is 11.4 Å². The molecule has 3 aromatic rings. The number of rotatable bonds is 8. The van der Waals surface area contributed by atoms with E-state index in [0.29, 0.717) is 28.1 Å². The third-order valence-electron chi connectivity index (χ3n) is 5.18. The molecule has 0 aromatic carbocycles. The lowest BCUT2D eigenvalue weighted by Gasteiger charge is -2.13. The number of hydrogen-bond acceptors (Lipinski definition) is 7. The molecule has 3 N–H and O–H groups in total. The highest BCUT2D eigenvalue weighted by Gasteiger charge is 2.28. The number of nitrogens with zero attached hydrogens (tertiary/aromatic N) is 3. The summed E-state index contributed by atoms with van der Waals surface area (Å²) in [5.74, 6) is 0.680. The molecule has 0 aliphatic heterocycles. The fourth-order valence-electron chi connectivity index (χ4n) is 3.66. The zero-order valence-electron chi connectivity index (χ0n) is 17.3. The molecule has 0 fully saturated rings. The number of primary amides is 1. The fraction of sp³-hybridized carbons (Fsp3) is 0.333. The number of aryl methyl sites for hydroxylation is 2. The second kappa shape index (κ2) is 8.72. The number of carbonyl (C=O) groups is 2. The first-order chi connectivity index (χ1) is 14.9. The topological polar surface area (TPSA) is 116 Å². The van der Waals surface area contributed by atoms with Gasteiger partial charge in [0.25, 0.3) is 5.91 Å². The smallest absolute Gasteiger partial charge is 0.251 e. The minimum absolute atomic E-state index is 0.221. The number of nitrogens with one attached hydrogen (secondary N) is 1. The number of anilines is 1. The molecule has 3 aromatic heterocycles. The summed E-state index contributed by atoms with van der Waals surface area (Å²) >= 11 is 2.74. The molecule has 1 unspecified atom stereocenters. The van der Waals surface area contributed by atoms with Gasteiger partial charge >= 0.3 is 0 Å². The third-order valence-corrected chi connectivity index (χ3v) is 7.47.